The maximum absolute atomic E-state index is 13.2. The fourth-order valence-electron chi connectivity index (χ4n) is 3.57. The van der Waals surface area contributed by atoms with Gasteiger partial charge in [-0.3, -0.25) is 9.59 Å². The first-order valence-corrected chi connectivity index (χ1v) is 9.90. The topological polar surface area (TPSA) is 68.9 Å². The van der Waals surface area contributed by atoms with Gasteiger partial charge in [-0.2, -0.15) is 5.10 Å². The van der Waals surface area contributed by atoms with Crippen molar-refractivity contribution < 1.29 is 4.79 Å². The maximum atomic E-state index is 13.2. The van der Waals surface area contributed by atoms with Crippen molar-refractivity contribution in [3.63, 3.8) is 0 Å². The summed E-state index contributed by atoms with van der Waals surface area (Å²) >= 11 is 6.11. The number of carbonyl (C=O) groups excluding carboxylic acids is 1. The van der Waals surface area contributed by atoms with Crippen molar-refractivity contribution in [2.75, 3.05) is 5.32 Å². The minimum absolute atomic E-state index is 0.173. The molecule has 4 aromatic rings. The predicted octanol–water partition coefficient (Wildman–Crippen LogP) is 4.36. The molecule has 0 saturated heterocycles. The minimum Gasteiger partial charge on any atom is -0.336 e. The van der Waals surface area contributed by atoms with Gasteiger partial charge in [0.25, 0.3) is 5.56 Å². The van der Waals surface area contributed by atoms with Crippen molar-refractivity contribution in [1.82, 2.24) is 14.3 Å². The summed E-state index contributed by atoms with van der Waals surface area (Å²) in [4.78, 5) is 25.6. The second kappa shape index (κ2) is 7.72. The van der Waals surface area contributed by atoms with Gasteiger partial charge < -0.3 is 9.88 Å². The Hall–Kier alpha value is -3.12. The zero-order valence-electron chi connectivity index (χ0n) is 16.3. The van der Waals surface area contributed by atoms with Crippen LogP contribution >= 0.6 is 11.6 Å². The van der Waals surface area contributed by atoms with Crippen LogP contribution in [0.3, 0.4) is 0 Å². The quantitative estimate of drug-likeness (QED) is 0.533. The largest absolute Gasteiger partial charge is 0.336 e. The summed E-state index contributed by atoms with van der Waals surface area (Å²) in [5, 5.41) is 9.39. The average molecular weight is 409 g/mol. The number of nitrogens with zero attached hydrogens (tertiary/aromatic N) is 3. The summed E-state index contributed by atoms with van der Waals surface area (Å²) in [5.74, 6) is -0.336. The molecule has 1 N–H and O–H groups in total. The van der Waals surface area contributed by atoms with Gasteiger partial charge in [-0.25, -0.2) is 4.68 Å². The summed E-state index contributed by atoms with van der Waals surface area (Å²) in [6, 6.07) is 13.2. The first-order chi connectivity index (χ1) is 14.0. The zero-order valence-corrected chi connectivity index (χ0v) is 17.0. The summed E-state index contributed by atoms with van der Waals surface area (Å²) < 4.78 is 3.22. The van der Waals surface area contributed by atoms with E-state index in [0.717, 1.165) is 34.8 Å². The highest BCUT2D eigenvalue weighted by molar-refractivity contribution is 6.31. The Morgan fingerprint density at radius 2 is 1.97 bits per heavy atom. The van der Waals surface area contributed by atoms with Gasteiger partial charge in [0.05, 0.1) is 6.20 Å². The molecule has 0 aliphatic heterocycles. The molecule has 4 rings (SSSR count). The highest BCUT2D eigenvalue weighted by atomic mass is 35.5. The Balaban J connectivity index is 1.71. The van der Waals surface area contributed by atoms with Crippen LogP contribution in [0.5, 0.6) is 0 Å². The maximum Gasteiger partial charge on any atom is 0.291 e. The number of para-hydroxylation sites is 1. The number of carbonyl (C=O) groups is 1. The molecule has 0 spiro atoms. The van der Waals surface area contributed by atoms with Gasteiger partial charge >= 0.3 is 0 Å². The Kier molecular flexibility index (Phi) is 5.11. The van der Waals surface area contributed by atoms with Crippen LogP contribution in [0.4, 0.5) is 5.69 Å². The van der Waals surface area contributed by atoms with E-state index >= 15 is 0 Å². The minimum atomic E-state index is -0.336. The number of halogens is 1. The summed E-state index contributed by atoms with van der Waals surface area (Å²) in [6.45, 7) is 4.51. The monoisotopic (exact) mass is 408 g/mol. The molecule has 0 radical (unpaired) electrons. The molecule has 0 saturated carbocycles. The van der Waals surface area contributed by atoms with Crippen molar-refractivity contribution in [3.8, 4) is 0 Å². The van der Waals surface area contributed by atoms with E-state index in [1.54, 1.807) is 18.3 Å². The molecule has 0 aliphatic rings. The van der Waals surface area contributed by atoms with E-state index < -0.39 is 0 Å². The number of fused-ring (bicyclic) bond motifs is 3. The molecule has 2 aromatic carbocycles. The molecule has 7 heteroatoms. The number of amides is 1. The summed E-state index contributed by atoms with van der Waals surface area (Å²) in [5.41, 5.74) is 2.81. The lowest BCUT2D eigenvalue weighted by molar-refractivity contribution is -0.117. The van der Waals surface area contributed by atoms with Gasteiger partial charge in [0.2, 0.25) is 5.91 Å². The first-order valence-electron chi connectivity index (χ1n) is 9.52. The third-order valence-electron chi connectivity index (χ3n) is 4.97. The predicted molar refractivity (Wildman–Crippen MR) is 117 cm³/mol. The fraction of sp³-hybridized carbons (Fsp3) is 0.227. The van der Waals surface area contributed by atoms with E-state index in [2.05, 4.69) is 17.3 Å². The van der Waals surface area contributed by atoms with Crippen molar-refractivity contribution in [2.45, 2.75) is 33.4 Å². The van der Waals surface area contributed by atoms with Gasteiger partial charge in [-0.15, -0.1) is 0 Å². The van der Waals surface area contributed by atoms with Crippen LogP contribution in [-0.2, 0) is 17.9 Å². The fourth-order valence-corrected chi connectivity index (χ4v) is 3.75. The van der Waals surface area contributed by atoms with Crippen LogP contribution in [0.25, 0.3) is 21.8 Å². The van der Waals surface area contributed by atoms with Crippen LogP contribution < -0.4 is 10.9 Å². The van der Waals surface area contributed by atoms with E-state index in [9.17, 15) is 9.59 Å². The van der Waals surface area contributed by atoms with Crippen molar-refractivity contribution in [2.24, 2.45) is 0 Å². The molecule has 0 unspecified atom stereocenters. The van der Waals surface area contributed by atoms with Crippen molar-refractivity contribution in [3.05, 3.63) is 69.6 Å². The molecule has 0 bridgehead atoms. The summed E-state index contributed by atoms with van der Waals surface area (Å²) in [6.07, 6.45) is 2.56. The highest BCUT2D eigenvalue weighted by Gasteiger charge is 2.16. The number of hydrogen-bond donors (Lipinski definition) is 1. The molecule has 1 amide bonds. The third-order valence-corrected chi connectivity index (χ3v) is 5.38. The molecule has 148 valence electrons. The molecule has 6 nitrogen and oxygen atoms in total. The number of nitrogens with one attached hydrogen (secondary N) is 1. The SMILES string of the molecule is CCCn1c2ccccc2c2cnn(CC(=O)Nc3ccc(C)c(Cl)c3)c(=O)c21. The normalized spacial score (nSPS) is 11.3. The molecule has 0 aliphatic carbocycles. The van der Waals surface area contributed by atoms with Gasteiger partial charge in [0.15, 0.2) is 0 Å². The lowest BCUT2D eigenvalue weighted by atomic mass is 10.2. The van der Waals surface area contributed by atoms with Crippen LogP contribution in [0.15, 0.2) is 53.5 Å². The van der Waals surface area contributed by atoms with Crippen LogP contribution in [0.2, 0.25) is 5.02 Å². The van der Waals surface area contributed by atoms with Gasteiger partial charge in [0.1, 0.15) is 12.1 Å². The Morgan fingerprint density at radius 1 is 1.17 bits per heavy atom. The van der Waals surface area contributed by atoms with E-state index in [0.29, 0.717) is 16.2 Å². The smallest absolute Gasteiger partial charge is 0.291 e. The molecule has 29 heavy (non-hydrogen) atoms. The Labute approximate surface area is 172 Å². The summed E-state index contributed by atoms with van der Waals surface area (Å²) in [7, 11) is 0. The van der Waals surface area contributed by atoms with Crippen molar-refractivity contribution >= 4 is 45.0 Å². The number of aromatic nitrogens is 3. The highest BCUT2D eigenvalue weighted by Crippen LogP contribution is 2.26. The third kappa shape index (κ3) is 3.51. The van der Waals surface area contributed by atoms with E-state index in [4.69, 9.17) is 11.6 Å². The lowest BCUT2D eigenvalue weighted by Crippen LogP contribution is -2.30. The lowest BCUT2D eigenvalue weighted by Gasteiger charge is -2.09. The second-order valence-electron chi connectivity index (χ2n) is 7.05. The second-order valence-corrected chi connectivity index (χ2v) is 7.46. The van der Waals surface area contributed by atoms with Crippen molar-refractivity contribution in [1.29, 1.82) is 0 Å². The molecular weight excluding hydrogens is 388 g/mol. The molecule has 0 fully saturated rings. The molecule has 2 aromatic heterocycles. The number of rotatable bonds is 5. The van der Waals surface area contributed by atoms with Crippen LogP contribution in [0, 0.1) is 6.92 Å². The van der Waals surface area contributed by atoms with Gasteiger partial charge in [-0.05, 0) is 37.1 Å². The zero-order chi connectivity index (χ0) is 20.5. The Bertz CT molecular complexity index is 1290. The van der Waals surface area contributed by atoms with E-state index in [-0.39, 0.29) is 18.0 Å². The number of anilines is 1. The van der Waals surface area contributed by atoms with Gasteiger partial charge in [0, 0.05) is 33.5 Å². The first kappa shape index (κ1) is 19.2. The van der Waals surface area contributed by atoms with Gasteiger partial charge in [-0.1, -0.05) is 42.8 Å². The van der Waals surface area contributed by atoms with E-state index in [1.165, 1.54) is 4.68 Å². The number of hydrogen-bond acceptors (Lipinski definition) is 3. The molecular formula is C22H21ClN4O2. The number of aryl methyl sites for hydroxylation is 2. The van der Waals surface area contributed by atoms with E-state index in [1.807, 2.05) is 41.8 Å². The molecule has 0 atom stereocenters. The average Bonchev–Trinajstić information content (AvgIpc) is 3.02. The van der Waals surface area contributed by atoms with Crippen LogP contribution in [-0.4, -0.2) is 20.3 Å². The standard InChI is InChI=1S/C22H21ClN4O2/c1-3-10-26-19-7-5-4-6-16(19)17-12-24-27(22(29)21(17)26)13-20(28)25-15-9-8-14(2)18(23)11-15/h4-9,11-12H,3,10,13H2,1-2H3,(H,25,28). The van der Waals surface area contributed by atoms with Crippen LogP contribution in [0.1, 0.15) is 18.9 Å². The molecule has 2 heterocycles. The number of benzene rings is 2. The Morgan fingerprint density at radius 3 is 2.72 bits per heavy atom.